The van der Waals surface area contributed by atoms with E-state index in [1.165, 1.54) is 16.7 Å². The third kappa shape index (κ3) is 3.41. The molecular formula is C25H23N5O. The lowest BCUT2D eigenvalue weighted by molar-refractivity contribution is 0.310. The maximum absolute atomic E-state index is 12.7. The fraction of sp³-hybridized carbons (Fsp3) is 0.160. The molecule has 0 aliphatic carbocycles. The third-order valence-electron chi connectivity index (χ3n) is 5.65. The van der Waals surface area contributed by atoms with Crippen molar-refractivity contribution in [2.45, 2.75) is 13.1 Å². The maximum Gasteiger partial charge on any atom is 0.262 e. The number of benzene rings is 3. The first-order chi connectivity index (χ1) is 15.1. The summed E-state index contributed by atoms with van der Waals surface area (Å²) in [4.78, 5) is 14.9. The van der Waals surface area contributed by atoms with Crippen molar-refractivity contribution < 1.29 is 0 Å². The fourth-order valence-electron chi connectivity index (χ4n) is 4.14. The van der Waals surface area contributed by atoms with Crippen LogP contribution in [0.1, 0.15) is 11.4 Å². The van der Waals surface area contributed by atoms with Crippen LogP contribution in [0, 0.1) is 0 Å². The van der Waals surface area contributed by atoms with Crippen LogP contribution in [0.2, 0.25) is 0 Å². The van der Waals surface area contributed by atoms with Crippen molar-refractivity contribution in [3.05, 3.63) is 101 Å². The highest BCUT2D eigenvalue weighted by Gasteiger charge is 2.16. The second-order valence-electron chi connectivity index (χ2n) is 7.83. The van der Waals surface area contributed by atoms with Crippen molar-refractivity contribution in [2.24, 2.45) is 7.05 Å². The lowest BCUT2D eigenvalue weighted by Gasteiger charge is -2.18. The molecule has 5 aromatic rings. The fourth-order valence-corrected chi connectivity index (χ4v) is 4.14. The van der Waals surface area contributed by atoms with E-state index in [2.05, 4.69) is 70.7 Å². The van der Waals surface area contributed by atoms with Gasteiger partial charge in [-0.3, -0.25) is 18.7 Å². The summed E-state index contributed by atoms with van der Waals surface area (Å²) < 4.78 is 3.54. The van der Waals surface area contributed by atoms with Crippen molar-refractivity contribution in [1.29, 1.82) is 0 Å². The minimum Gasteiger partial charge on any atom is -0.295 e. The van der Waals surface area contributed by atoms with E-state index >= 15 is 0 Å². The SMILES string of the molecule is CN(Cc1ccccc1-c1ccccc1)Cc1nnc2n(C)c(=O)c3ccccc3n12. The van der Waals surface area contributed by atoms with Crippen molar-refractivity contribution in [1.82, 2.24) is 24.1 Å². The number of aryl methyl sites for hydroxylation is 1. The molecule has 0 N–H and O–H groups in total. The van der Waals surface area contributed by atoms with Crippen molar-refractivity contribution in [2.75, 3.05) is 7.05 Å². The summed E-state index contributed by atoms with van der Waals surface area (Å²) in [5.41, 5.74) is 4.46. The third-order valence-corrected chi connectivity index (χ3v) is 5.65. The van der Waals surface area contributed by atoms with E-state index < -0.39 is 0 Å². The first-order valence-electron chi connectivity index (χ1n) is 10.3. The van der Waals surface area contributed by atoms with Crippen molar-refractivity contribution >= 4 is 16.7 Å². The molecule has 2 heterocycles. The Balaban J connectivity index is 1.50. The van der Waals surface area contributed by atoms with Crippen molar-refractivity contribution in [3.8, 4) is 11.1 Å². The Morgan fingerprint density at radius 1 is 0.839 bits per heavy atom. The van der Waals surface area contributed by atoms with Gasteiger partial charge < -0.3 is 0 Å². The minimum atomic E-state index is -0.0628. The van der Waals surface area contributed by atoms with Crippen LogP contribution in [0.15, 0.2) is 83.7 Å². The van der Waals surface area contributed by atoms with Gasteiger partial charge in [0.25, 0.3) is 5.56 Å². The van der Waals surface area contributed by atoms with Crippen LogP contribution in [0.25, 0.3) is 27.8 Å². The van der Waals surface area contributed by atoms with Crippen LogP contribution < -0.4 is 5.56 Å². The molecular weight excluding hydrogens is 386 g/mol. The molecule has 2 aromatic heterocycles. The first-order valence-corrected chi connectivity index (χ1v) is 10.3. The maximum atomic E-state index is 12.7. The van der Waals surface area contributed by atoms with Crippen LogP contribution in [-0.4, -0.2) is 31.1 Å². The molecule has 0 saturated carbocycles. The Labute approximate surface area is 180 Å². The molecule has 0 aliphatic rings. The van der Waals surface area contributed by atoms with Crippen LogP contribution >= 0.6 is 0 Å². The standard InChI is InChI=1S/C25H23N5O/c1-28(16-19-12-6-7-13-20(19)18-10-4-3-5-11-18)17-23-26-27-25-29(2)24(31)21-14-8-9-15-22(21)30(23)25/h3-15H,16-17H2,1-2H3. The molecule has 0 amide bonds. The van der Waals surface area contributed by atoms with Gasteiger partial charge in [-0.25, -0.2) is 0 Å². The van der Waals surface area contributed by atoms with Gasteiger partial charge in [-0.05, 0) is 35.9 Å². The molecule has 31 heavy (non-hydrogen) atoms. The van der Waals surface area contributed by atoms with E-state index in [0.29, 0.717) is 17.7 Å². The minimum absolute atomic E-state index is 0.0628. The van der Waals surface area contributed by atoms with Gasteiger partial charge >= 0.3 is 0 Å². The summed E-state index contributed by atoms with van der Waals surface area (Å²) in [6.45, 7) is 1.37. The molecule has 154 valence electrons. The van der Waals surface area contributed by atoms with E-state index in [4.69, 9.17) is 0 Å². The van der Waals surface area contributed by atoms with Gasteiger partial charge in [0.05, 0.1) is 17.4 Å². The monoisotopic (exact) mass is 409 g/mol. The Morgan fingerprint density at radius 3 is 2.39 bits per heavy atom. The summed E-state index contributed by atoms with van der Waals surface area (Å²) >= 11 is 0. The van der Waals surface area contributed by atoms with Crippen LogP contribution in [0.4, 0.5) is 0 Å². The Morgan fingerprint density at radius 2 is 1.55 bits per heavy atom. The summed E-state index contributed by atoms with van der Waals surface area (Å²) in [5, 5.41) is 9.39. The molecule has 6 heteroatoms. The number of nitrogens with zero attached hydrogens (tertiary/aromatic N) is 5. The van der Waals surface area contributed by atoms with Crippen molar-refractivity contribution in [3.63, 3.8) is 0 Å². The predicted octanol–water partition coefficient (Wildman–Crippen LogP) is 3.88. The Kier molecular flexibility index (Phi) is 4.84. The van der Waals surface area contributed by atoms with Gasteiger partial charge in [0, 0.05) is 13.6 Å². The molecule has 0 unspecified atom stereocenters. The largest absolute Gasteiger partial charge is 0.295 e. The molecule has 5 rings (SSSR count). The molecule has 0 fully saturated rings. The molecule has 0 bridgehead atoms. The molecule has 0 spiro atoms. The van der Waals surface area contributed by atoms with E-state index in [9.17, 15) is 4.79 Å². The number of hydrogen-bond acceptors (Lipinski definition) is 4. The van der Waals surface area contributed by atoms with Crippen LogP contribution in [-0.2, 0) is 20.1 Å². The van der Waals surface area contributed by atoms with Crippen LogP contribution in [0.3, 0.4) is 0 Å². The summed E-state index contributed by atoms with van der Waals surface area (Å²) in [6, 6.07) is 26.5. The molecule has 0 saturated heterocycles. The second kappa shape index (κ2) is 7.81. The molecule has 0 radical (unpaired) electrons. The highest BCUT2D eigenvalue weighted by molar-refractivity contribution is 5.80. The topological polar surface area (TPSA) is 55.4 Å². The first kappa shape index (κ1) is 19.2. The second-order valence-corrected chi connectivity index (χ2v) is 7.83. The Hall–Kier alpha value is -3.77. The quantitative estimate of drug-likeness (QED) is 0.442. The van der Waals surface area contributed by atoms with Gasteiger partial charge in [-0.15, -0.1) is 10.2 Å². The van der Waals surface area contributed by atoms with E-state index in [0.717, 1.165) is 17.9 Å². The normalized spacial score (nSPS) is 11.6. The van der Waals surface area contributed by atoms with Gasteiger partial charge in [0.2, 0.25) is 5.78 Å². The number of fused-ring (bicyclic) bond motifs is 3. The van der Waals surface area contributed by atoms with E-state index in [1.807, 2.05) is 34.7 Å². The molecule has 0 aliphatic heterocycles. The van der Waals surface area contributed by atoms with Crippen LogP contribution in [0.5, 0.6) is 0 Å². The summed E-state index contributed by atoms with van der Waals surface area (Å²) in [7, 11) is 3.81. The van der Waals surface area contributed by atoms with Gasteiger partial charge in [-0.2, -0.15) is 0 Å². The molecule has 0 atom stereocenters. The zero-order chi connectivity index (χ0) is 21.4. The smallest absolute Gasteiger partial charge is 0.262 e. The van der Waals surface area contributed by atoms with E-state index in [-0.39, 0.29) is 5.56 Å². The highest BCUT2D eigenvalue weighted by Crippen LogP contribution is 2.25. The number of aromatic nitrogens is 4. The molecule has 6 nitrogen and oxygen atoms in total. The average Bonchev–Trinajstić information content (AvgIpc) is 3.22. The number of rotatable bonds is 5. The van der Waals surface area contributed by atoms with E-state index in [1.54, 1.807) is 11.6 Å². The number of para-hydroxylation sites is 1. The molecule has 3 aromatic carbocycles. The average molecular weight is 409 g/mol. The van der Waals surface area contributed by atoms with Gasteiger partial charge in [-0.1, -0.05) is 66.7 Å². The summed E-state index contributed by atoms with van der Waals surface area (Å²) in [6.07, 6.45) is 0. The van der Waals surface area contributed by atoms with Gasteiger partial charge in [0.1, 0.15) is 0 Å². The zero-order valence-electron chi connectivity index (χ0n) is 17.6. The Bertz CT molecular complexity index is 1440. The number of hydrogen-bond donors (Lipinski definition) is 0. The predicted molar refractivity (Wildman–Crippen MR) is 123 cm³/mol. The lowest BCUT2D eigenvalue weighted by atomic mass is 9.99. The zero-order valence-corrected chi connectivity index (χ0v) is 17.6. The lowest BCUT2D eigenvalue weighted by Crippen LogP contribution is -2.22. The van der Waals surface area contributed by atoms with Gasteiger partial charge in [0.15, 0.2) is 5.82 Å². The summed E-state index contributed by atoms with van der Waals surface area (Å²) in [5.74, 6) is 1.36. The highest BCUT2D eigenvalue weighted by atomic mass is 16.1.